The second kappa shape index (κ2) is 5.35. The lowest BCUT2D eigenvalue weighted by molar-refractivity contribution is -0.146. The lowest BCUT2D eigenvalue weighted by Crippen LogP contribution is -2.68. The number of hydrogen-bond donors (Lipinski definition) is 0. The van der Waals surface area contributed by atoms with E-state index in [2.05, 4.69) is 14.9 Å². The Kier molecular flexibility index (Phi) is 3.67. The predicted octanol–water partition coefficient (Wildman–Crippen LogP) is 0.347. The Morgan fingerprint density at radius 1 is 1.43 bits per heavy atom. The number of hydrogen-bond acceptors (Lipinski definition) is 5. The maximum Gasteiger partial charge on any atom is 0.237 e. The normalized spacial score (nSPS) is 20.5. The zero-order chi connectivity index (χ0) is 15.0. The minimum Gasteiger partial charge on any atom is -0.385 e. The fourth-order valence-corrected chi connectivity index (χ4v) is 3.45. The quantitative estimate of drug-likeness (QED) is 0.749. The van der Waals surface area contributed by atoms with Crippen molar-refractivity contribution in [2.75, 3.05) is 40.4 Å². The second-order valence-corrected chi connectivity index (χ2v) is 6.12. The standard InChI is InChI=1S/C15H22N4O2/c1-11-16-7-12-8-19(5-4-6-21-3)14(20)15(13(12)17-11)9-18(2)10-15/h7H,4-6,8-10H2,1-3H3. The summed E-state index contributed by atoms with van der Waals surface area (Å²) in [5, 5.41) is 0. The molecule has 3 heterocycles. The Morgan fingerprint density at radius 2 is 2.19 bits per heavy atom. The lowest BCUT2D eigenvalue weighted by atomic mass is 9.72. The first-order valence-electron chi connectivity index (χ1n) is 7.37. The first kappa shape index (κ1) is 14.4. The maximum absolute atomic E-state index is 12.9. The highest BCUT2D eigenvalue weighted by atomic mass is 16.5. The largest absolute Gasteiger partial charge is 0.385 e. The van der Waals surface area contributed by atoms with Crippen molar-refractivity contribution < 1.29 is 9.53 Å². The molecule has 1 aromatic heterocycles. The molecule has 3 rings (SSSR count). The highest BCUT2D eigenvalue weighted by molar-refractivity contribution is 5.91. The minimum absolute atomic E-state index is 0.210. The van der Waals surface area contributed by atoms with Gasteiger partial charge in [0.15, 0.2) is 0 Å². The number of carbonyl (C=O) groups excluding carboxylic acids is 1. The molecular weight excluding hydrogens is 268 g/mol. The van der Waals surface area contributed by atoms with Crippen molar-refractivity contribution in [2.24, 2.45) is 0 Å². The summed E-state index contributed by atoms with van der Waals surface area (Å²) in [4.78, 5) is 25.9. The van der Waals surface area contributed by atoms with Crippen LogP contribution >= 0.6 is 0 Å². The van der Waals surface area contributed by atoms with E-state index in [1.54, 1.807) is 7.11 Å². The van der Waals surface area contributed by atoms with Gasteiger partial charge in [-0.3, -0.25) is 4.79 Å². The Bertz CT molecular complexity index is 555. The summed E-state index contributed by atoms with van der Waals surface area (Å²) < 4.78 is 5.09. The minimum atomic E-state index is -0.455. The van der Waals surface area contributed by atoms with Gasteiger partial charge in [-0.05, 0) is 20.4 Å². The molecule has 2 aliphatic rings. The van der Waals surface area contributed by atoms with Gasteiger partial charge < -0.3 is 14.5 Å². The fourth-order valence-electron chi connectivity index (χ4n) is 3.45. The van der Waals surface area contributed by atoms with Crippen molar-refractivity contribution in [3.05, 3.63) is 23.3 Å². The van der Waals surface area contributed by atoms with Crippen LogP contribution in [0.1, 0.15) is 23.5 Å². The van der Waals surface area contributed by atoms with Crippen molar-refractivity contribution in [1.82, 2.24) is 19.8 Å². The third-order valence-electron chi connectivity index (χ3n) is 4.35. The third-order valence-corrected chi connectivity index (χ3v) is 4.35. The van der Waals surface area contributed by atoms with Gasteiger partial charge >= 0.3 is 0 Å². The highest BCUT2D eigenvalue weighted by Gasteiger charge is 2.55. The van der Waals surface area contributed by atoms with Gasteiger partial charge in [-0.15, -0.1) is 0 Å². The van der Waals surface area contributed by atoms with Gasteiger partial charge in [-0.2, -0.15) is 0 Å². The molecule has 0 radical (unpaired) electrons. The number of amides is 1. The van der Waals surface area contributed by atoms with Gasteiger partial charge in [-0.25, -0.2) is 9.97 Å². The van der Waals surface area contributed by atoms with E-state index in [0.717, 1.165) is 43.1 Å². The maximum atomic E-state index is 12.9. The number of likely N-dealkylation sites (tertiary alicyclic amines) is 1. The lowest BCUT2D eigenvalue weighted by Gasteiger charge is -2.51. The Labute approximate surface area is 125 Å². The van der Waals surface area contributed by atoms with Crippen LogP contribution in [0.2, 0.25) is 0 Å². The Hall–Kier alpha value is -1.53. The van der Waals surface area contributed by atoms with Crippen LogP contribution in [-0.2, 0) is 21.5 Å². The van der Waals surface area contributed by atoms with Crippen LogP contribution < -0.4 is 0 Å². The first-order valence-corrected chi connectivity index (χ1v) is 7.37. The molecule has 2 aliphatic heterocycles. The van der Waals surface area contributed by atoms with Crippen LogP contribution in [0, 0.1) is 6.92 Å². The summed E-state index contributed by atoms with van der Waals surface area (Å²) in [5.41, 5.74) is 1.58. The topological polar surface area (TPSA) is 58.6 Å². The molecule has 0 saturated carbocycles. The summed E-state index contributed by atoms with van der Waals surface area (Å²) in [6.07, 6.45) is 2.74. The molecule has 1 amide bonds. The molecule has 0 bridgehead atoms. The molecule has 21 heavy (non-hydrogen) atoms. The molecule has 114 valence electrons. The van der Waals surface area contributed by atoms with E-state index in [1.807, 2.05) is 25.1 Å². The van der Waals surface area contributed by atoms with Gasteiger partial charge in [-0.1, -0.05) is 0 Å². The van der Waals surface area contributed by atoms with Crippen LogP contribution in [0.3, 0.4) is 0 Å². The highest BCUT2D eigenvalue weighted by Crippen LogP contribution is 2.40. The predicted molar refractivity (Wildman–Crippen MR) is 77.9 cm³/mol. The number of aryl methyl sites for hydroxylation is 1. The molecule has 1 spiro atoms. The number of ether oxygens (including phenoxy) is 1. The van der Waals surface area contributed by atoms with E-state index in [9.17, 15) is 4.79 Å². The number of methoxy groups -OCH3 is 1. The SMILES string of the molecule is COCCCN1Cc2cnc(C)nc2C2(CN(C)C2)C1=O. The summed E-state index contributed by atoms with van der Waals surface area (Å²) in [7, 11) is 3.72. The van der Waals surface area contributed by atoms with Crippen molar-refractivity contribution in [3.63, 3.8) is 0 Å². The smallest absolute Gasteiger partial charge is 0.237 e. The molecular formula is C15H22N4O2. The van der Waals surface area contributed by atoms with E-state index in [4.69, 9.17) is 4.74 Å². The van der Waals surface area contributed by atoms with Crippen LogP contribution in [0.5, 0.6) is 0 Å². The van der Waals surface area contributed by atoms with Gasteiger partial charge in [0.25, 0.3) is 0 Å². The molecule has 6 heteroatoms. The molecule has 1 fully saturated rings. The van der Waals surface area contributed by atoms with Gasteiger partial charge in [0, 0.05) is 51.7 Å². The first-order chi connectivity index (χ1) is 10.1. The third kappa shape index (κ3) is 2.32. The molecule has 0 aromatic carbocycles. The van der Waals surface area contributed by atoms with Crippen LogP contribution in [0.25, 0.3) is 0 Å². The average molecular weight is 290 g/mol. The van der Waals surface area contributed by atoms with Gasteiger partial charge in [0.05, 0.1) is 5.69 Å². The molecule has 6 nitrogen and oxygen atoms in total. The number of carbonyl (C=O) groups is 1. The van der Waals surface area contributed by atoms with Gasteiger partial charge in [0.2, 0.25) is 5.91 Å². The summed E-state index contributed by atoms with van der Waals surface area (Å²) in [6.45, 7) is 5.39. The Balaban J connectivity index is 1.91. The zero-order valence-electron chi connectivity index (χ0n) is 12.9. The zero-order valence-corrected chi connectivity index (χ0v) is 12.9. The number of likely N-dealkylation sites (N-methyl/N-ethyl adjacent to an activating group) is 1. The Morgan fingerprint density at radius 3 is 2.86 bits per heavy atom. The number of nitrogens with zero attached hydrogens (tertiary/aromatic N) is 4. The van der Waals surface area contributed by atoms with Crippen LogP contribution in [0.4, 0.5) is 0 Å². The van der Waals surface area contributed by atoms with Crippen LogP contribution in [0.15, 0.2) is 6.20 Å². The van der Waals surface area contributed by atoms with E-state index in [1.165, 1.54) is 0 Å². The molecule has 0 atom stereocenters. The van der Waals surface area contributed by atoms with E-state index in [0.29, 0.717) is 13.2 Å². The monoisotopic (exact) mass is 290 g/mol. The summed E-state index contributed by atoms with van der Waals surface area (Å²) in [6, 6.07) is 0. The number of aromatic nitrogens is 2. The fraction of sp³-hybridized carbons (Fsp3) is 0.667. The molecule has 1 aromatic rings. The van der Waals surface area contributed by atoms with Crippen molar-refractivity contribution in [3.8, 4) is 0 Å². The van der Waals surface area contributed by atoms with Crippen molar-refractivity contribution in [2.45, 2.75) is 25.3 Å². The van der Waals surface area contributed by atoms with Gasteiger partial charge in [0.1, 0.15) is 11.2 Å². The summed E-state index contributed by atoms with van der Waals surface area (Å²) in [5.74, 6) is 0.950. The van der Waals surface area contributed by atoms with Crippen molar-refractivity contribution in [1.29, 1.82) is 0 Å². The van der Waals surface area contributed by atoms with E-state index in [-0.39, 0.29) is 5.91 Å². The molecule has 1 saturated heterocycles. The van der Waals surface area contributed by atoms with Crippen molar-refractivity contribution >= 4 is 5.91 Å². The van der Waals surface area contributed by atoms with Crippen LogP contribution in [-0.4, -0.2) is 66.1 Å². The summed E-state index contributed by atoms with van der Waals surface area (Å²) >= 11 is 0. The van der Waals surface area contributed by atoms with E-state index < -0.39 is 5.41 Å². The molecule has 0 N–H and O–H groups in total. The number of fused-ring (bicyclic) bond motifs is 2. The average Bonchev–Trinajstić information content (AvgIpc) is 2.43. The second-order valence-electron chi connectivity index (χ2n) is 6.12. The molecule has 0 aliphatic carbocycles. The van der Waals surface area contributed by atoms with E-state index >= 15 is 0 Å². The molecule has 0 unspecified atom stereocenters. The number of rotatable bonds is 4.